The molecular weight excluding hydrogens is 187 g/mol. The highest BCUT2D eigenvalue weighted by Crippen LogP contribution is 2.24. The van der Waals surface area contributed by atoms with E-state index in [1.54, 1.807) is 6.07 Å². The lowest BCUT2D eigenvalue weighted by molar-refractivity contribution is 0.298. The van der Waals surface area contributed by atoms with Gasteiger partial charge in [-0.25, -0.2) is 4.39 Å². The molecule has 1 N–H and O–H groups in total. The number of benzene rings is 1. The number of aliphatic hydroxyl groups excluding tert-OH is 1. The van der Waals surface area contributed by atoms with Gasteiger partial charge in [-0.3, -0.25) is 0 Å². The van der Waals surface area contributed by atoms with Crippen molar-refractivity contribution < 1.29 is 9.50 Å². The van der Waals surface area contributed by atoms with Crippen LogP contribution in [0.5, 0.6) is 0 Å². The molecule has 0 aliphatic carbocycles. The summed E-state index contributed by atoms with van der Waals surface area (Å²) in [5, 5.41) is 11.7. The molecule has 0 amide bonds. The average Bonchev–Trinajstić information content (AvgIpc) is 2.52. The zero-order valence-corrected chi connectivity index (χ0v) is 7.77. The first-order chi connectivity index (χ1) is 6.31. The summed E-state index contributed by atoms with van der Waals surface area (Å²) < 4.78 is 14.2. The van der Waals surface area contributed by atoms with Gasteiger partial charge in [0.05, 0.1) is 0 Å². The highest BCUT2D eigenvalue weighted by atomic mass is 32.1. The molecule has 1 aromatic heterocycles. The lowest BCUT2D eigenvalue weighted by Gasteiger charge is -2.00. The molecule has 2 rings (SSSR count). The second-order valence-electron chi connectivity index (χ2n) is 2.88. The molecule has 3 heteroatoms. The van der Waals surface area contributed by atoms with E-state index in [4.69, 9.17) is 5.11 Å². The van der Waals surface area contributed by atoms with Crippen molar-refractivity contribution >= 4 is 21.4 Å². The lowest BCUT2D eigenvalue weighted by Crippen LogP contribution is -1.93. The highest BCUT2D eigenvalue weighted by molar-refractivity contribution is 7.17. The Hall–Kier alpha value is -0.930. The van der Waals surface area contributed by atoms with E-state index in [0.717, 1.165) is 10.1 Å². The zero-order chi connectivity index (χ0) is 9.26. The van der Waals surface area contributed by atoms with E-state index in [1.165, 1.54) is 17.4 Å². The Labute approximate surface area is 79.4 Å². The Morgan fingerprint density at radius 1 is 1.38 bits per heavy atom. The average molecular weight is 196 g/mol. The Kier molecular flexibility index (Phi) is 2.29. The van der Waals surface area contributed by atoms with Crippen LogP contribution in [-0.4, -0.2) is 11.7 Å². The van der Waals surface area contributed by atoms with Gasteiger partial charge in [-0.2, -0.15) is 0 Å². The summed E-state index contributed by atoms with van der Waals surface area (Å²) in [7, 11) is 0. The predicted octanol–water partition coefficient (Wildman–Crippen LogP) is 2.58. The molecule has 2 aromatic rings. The van der Waals surface area contributed by atoms with E-state index >= 15 is 0 Å². The summed E-state index contributed by atoms with van der Waals surface area (Å²) in [6.45, 7) is -0.00738. The van der Waals surface area contributed by atoms with Gasteiger partial charge in [-0.05, 0) is 40.9 Å². The molecule has 0 unspecified atom stereocenters. The third-order valence-electron chi connectivity index (χ3n) is 2.00. The van der Waals surface area contributed by atoms with Crippen LogP contribution < -0.4 is 0 Å². The second kappa shape index (κ2) is 3.44. The van der Waals surface area contributed by atoms with Crippen molar-refractivity contribution in [2.45, 2.75) is 6.42 Å². The maximum Gasteiger partial charge on any atom is 0.127 e. The Morgan fingerprint density at radius 3 is 3.00 bits per heavy atom. The molecule has 13 heavy (non-hydrogen) atoms. The number of fused-ring (bicyclic) bond motifs is 1. The van der Waals surface area contributed by atoms with Gasteiger partial charge in [0.2, 0.25) is 0 Å². The molecule has 1 aromatic carbocycles. The Balaban J connectivity index is 2.56. The smallest absolute Gasteiger partial charge is 0.127 e. The maximum absolute atomic E-state index is 13.3. The largest absolute Gasteiger partial charge is 0.396 e. The van der Waals surface area contributed by atoms with Gasteiger partial charge in [0, 0.05) is 11.3 Å². The summed E-state index contributed by atoms with van der Waals surface area (Å²) in [6, 6.07) is 5.29. The molecule has 0 spiro atoms. The van der Waals surface area contributed by atoms with Crippen LogP contribution in [0.2, 0.25) is 0 Å². The van der Waals surface area contributed by atoms with Crippen LogP contribution in [0.4, 0.5) is 4.39 Å². The SMILES string of the molecule is OCCc1cc2ccsc2cc1F. The van der Waals surface area contributed by atoms with E-state index in [-0.39, 0.29) is 12.4 Å². The minimum Gasteiger partial charge on any atom is -0.396 e. The molecule has 1 heterocycles. The topological polar surface area (TPSA) is 20.2 Å². The quantitative estimate of drug-likeness (QED) is 0.782. The molecule has 1 nitrogen and oxygen atoms in total. The molecule has 0 aliphatic heterocycles. The first-order valence-electron chi connectivity index (χ1n) is 4.08. The highest BCUT2D eigenvalue weighted by Gasteiger charge is 2.04. The van der Waals surface area contributed by atoms with Crippen LogP contribution in [0, 0.1) is 5.82 Å². The van der Waals surface area contributed by atoms with Crippen molar-refractivity contribution in [1.82, 2.24) is 0 Å². The van der Waals surface area contributed by atoms with Gasteiger partial charge in [-0.15, -0.1) is 11.3 Å². The summed E-state index contributed by atoms with van der Waals surface area (Å²) in [5.74, 6) is -0.219. The lowest BCUT2D eigenvalue weighted by atomic mass is 10.1. The molecule has 0 saturated heterocycles. The third kappa shape index (κ3) is 1.57. The summed E-state index contributed by atoms with van der Waals surface area (Å²) in [4.78, 5) is 0. The molecule has 0 fully saturated rings. The Morgan fingerprint density at radius 2 is 2.23 bits per heavy atom. The summed E-state index contributed by atoms with van der Waals surface area (Å²) in [5.41, 5.74) is 0.591. The fourth-order valence-corrected chi connectivity index (χ4v) is 2.14. The standard InChI is InChI=1S/C10H9FOS/c11-9-6-10-8(2-4-13-10)5-7(9)1-3-12/h2,4-6,12H,1,3H2. The number of hydrogen-bond donors (Lipinski definition) is 1. The number of aliphatic hydroxyl groups is 1. The fourth-order valence-electron chi connectivity index (χ4n) is 1.34. The fraction of sp³-hybridized carbons (Fsp3) is 0.200. The molecule has 0 atom stereocenters. The molecule has 0 saturated carbocycles. The van der Waals surface area contributed by atoms with Crippen LogP contribution in [0.3, 0.4) is 0 Å². The minimum absolute atomic E-state index is 0.00738. The minimum atomic E-state index is -0.219. The van der Waals surface area contributed by atoms with E-state index in [2.05, 4.69) is 0 Å². The van der Waals surface area contributed by atoms with Gasteiger partial charge in [0.15, 0.2) is 0 Å². The second-order valence-corrected chi connectivity index (χ2v) is 3.82. The first kappa shape index (κ1) is 8.66. The number of thiophene rings is 1. The van der Waals surface area contributed by atoms with E-state index < -0.39 is 0 Å². The van der Waals surface area contributed by atoms with Crippen molar-refractivity contribution in [1.29, 1.82) is 0 Å². The van der Waals surface area contributed by atoms with E-state index in [0.29, 0.717) is 12.0 Å². The van der Waals surface area contributed by atoms with Crippen LogP contribution in [0.1, 0.15) is 5.56 Å². The molecule has 0 radical (unpaired) electrons. The summed E-state index contributed by atoms with van der Waals surface area (Å²) >= 11 is 1.53. The predicted molar refractivity (Wildman–Crippen MR) is 52.6 cm³/mol. The van der Waals surface area contributed by atoms with Gasteiger partial charge < -0.3 is 5.11 Å². The molecular formula is C10H9FOS. The van der Waals surface area contributed by atoms with Crippen molar-refractivity contribution in [2.24, 2.45) is 0 Å². The third-order valence-corrected chi connectivity index (χ3v) is 2.88. The maximum atomic E-state index is 13.3. The van der Waals surface area contributed by atoms with Crippen molar-refractivity contribution in [3.63, 3.8) is 0 Å². The molecule has 0 aliphatic rings. The number of rotatable bonds is 2. The van der Waals surface area contributed by atoms with Crippen LogP contribution in [0.25, 0.3) is 10.1 Å². The normalized spacial score (nSPS) is 10.9. The van der Waals surface area contributed by atoms with Gasteiger partial charge in [-0.1, -0.05) is 0 Å². The molecule has 68 valence electrons. The molecule has 0 bridgehead atoms. The van der Waals surface area contributed by atoms with E-state index in [9.17, 15) is 4.39 Å². The number of hydrogen-bond acceptors (Lipinski definition) is 2. The van der Waals surface area contributed by atoms with Crippen molar-refractivity contribution in [3.05, 3.63) is 35.0 Å². The Bertz CT molecular complexity index is 422. The van der Waals surface area contributed by atoms with Crippen LogP contribution in [0.15, 0.2) is 23.6 Å². The first-order valence-corrected chi connectivity index (χ1v) is 4.95. The van der Waals surface area contributed by atoms with E-state index in [1.807, 2.05) is 11.4 Å². The van der Waals surface area contributed by atoms with Gasteiger partial charge >= 0.3 is 0 Å². The van der Waals surface area contributed by atoms with Crippen LogP contribution >= 0.6 is 11.3 Å². The van der Waals surface area contributed by atoms with Crippen molar-refractivity contribution in [2.75, 3.05) is 6.61 Å². The number of halogens is 1. The van der Waals surface area contributed by atoms with Crippen LogP contribution in [-0.2, 0) is 6.42 Å². The summed E-state index contributed by atoms with van der Waals surface area (Å²) in [6.07, 6.45) is 0.387. The van der Waals surface area contributed by atoms with Gasteiger partial charge in [0.25, 0.3) is 0 Å². The van der Waals surface area contributed by atoms with Gasteiger partial charge in [0.1, 0.15) is 5.82 Å². The monoisotopic (exact) mass is 196 g/mol. The zero-order valence-electron chi connectivity index (χ0n) is 6.96. The van der Waals surface area contributed by atoms with Crippen molar-refractivity contribution in [3.8, 4) is 0 Å².